The Kier molecular flexibility index (Phi) is 5.25. The van der Waals surface area contributed by atoms with E-state index in [0.29, 0.717) is 5.92 Å². The van der Waals surface area contributed by atoms with Gasteiger partial charge in [0.15, 0.2) is 5.96 Å². The lowest BCUT2D eigenvalue weighted by molar-refractivity contribution is 0.487. The summed E-state index contributed by atoms with van der Waals surface area (Å²) in [6, 6.07) is 0. The molecule has 1 unspecified atom stereocenters. The second kappa shape index (κ2) is 7.76. The Morgan fingerprint density at radius 1 is 1.33 bits per heavy atom. The number of hydrogen-bond acceptors (Lipinski definition) is 5. The molecule has 1 saturated heterocycles. The Morgan fingerprint density at radius 2 is 2.25 bits per heavy atom. The van der Waals surface area contributed by atoms with Gasteiger partial charge in [-0.2, -0.15) is 5.10 Å². The van der Waals surface area contributed by atoms with Crippen LogP contribution in [0.3, 0.4) is 0 Å². The van der Waals surface area contributed by atoms with Crippen LogP contribution in [0.4, 0.5) is 5.82 Å². The van der Waals surface area contributed by atoms with E-state index in [1.807, 2.05) is 25.0 Å². The highest BCUT2D eigenvalue weighted by molar-refractivity contribution is 5.80. The summed E-state index contributed by atoms with van der Waals surface area (Å²) in [6.07, 6.45) is 10.3. The molecule has 8 heteroatoms. The zero-order valence-corrected chi connectivity index (χ0v) is 14.2. The summed E-state index contributed by atoms with van der Waals surface area (Å²) in [5.74, 6) is 2.25. The van der Waals surface area contributed by atoms with E-state index in [0.717, 1.165) is 44.4 Å². The fourth-order valence-electron chi connectivity index (χ4n) is 2.96. The molecule has 2 aromatic heterocycles. The van der Waals surface area contributed by atoms with Crippen LogP contribution in [0.15, 0.2) is 36.0 Å². The lowest BCUT2D eigenvalue weighted by atomic mass is 10.0. The molecule has 1 aliphatic heterocycles. The summed E-state index contributed by atoms with van der Waals surface area (Å²) in [5.41, 5.74) is 1.31. The molecule has 0 spiro atoms. The van der Waals surface area contributed by atoms with Crippen molar-refractivity contribution >= 4 is 11.8 Å². The van der Waals surface area contributed by atoms with Gasteiger partial charge < -0.3 is 15.5 Å². The first-order chi connectivity index (χ1) is 11.8. The quantitative estimate of drug-likeness (QED) is 0.477. The lowest BCUT2D eigenvalue weighted by Gasteiger charge is -2.21. The van der Waals surface area contributed by atoms with Crippen LogP contribution < -0.4 is 10.6 Å². The lowest BCUT2D eigenvalue weighted by Crippen LogP contribution is -2.41. The van der Waals surface area contributed by atoms with Crippen LogP contribution >= 0.6 is 0 Å². The summed E-state index contributed by atoms with van der Waals surface area (Å²) < 4.78 is 1.86. The van der Waals surface area contributed by atoms with Gasteiger partial charge in [-0.3, -0.25) is 14.7 Å². The van der Waals surface area contributed by atoms with E-state index >= 15 is 0 Å². The molecule has 3 rings (SSSR count). The van der Waals surface area contributed by atoms with Gasteiger partial charge in [-0.25, -0.2) is 4.98 Å². The van der Waals surface area contributed by atoms with Crippen molar-refractivity contribution in [3.63, 3.8) is 0 Å². The van der Waals surface area contributed by atoms with E-state index in [9.17, 15) is 0 Å². The zero-order valence-electron chi connectivity index (χ0n) is 14.2. The van der Waals surface area contributed by atoms with Crippen molar-refractivity contribution in [2.24, 2.45) is 12.0 Å². The summed E-state index contributed by atoms with van der Waals surface area (Å²) in [5, 5.41) is 10.9. The predicted molar refractivity (Wildman–Crippen MR) is 94.0 cm³/mol. The van der Waals surface area contributed by atoms with Gasteiger partial charge in [0.2, 0.25) is 0 Å². The van der Waals surface area contributed by atoms with Gasteiger partial charge in [0.25, 0.3) is 0 Å². The molecule has 3 heterocycles. The van der Waals surface area contributed by atoms with Crippen LogP contribution in [-0.4, -0.2) is 63.8 Å². The van der Waals surface area contributed by atoms with Gasteiger partial charge in [0, 0.05) is 64.8 Å². The van der Waals surface area contributed by atoms with E-state index in [1.165, 1.54) is 5.56 Å². The molecular weight excluding hydrogens is 304 g/mol. The molecule has 8 nitrogen and oxygen atoms in total. The first-order valence-electron chi connectivity index (χ1n) is 8.20. The van der Waals surface area contributed by atoms with Gasteiger partial charge in [0.05, 0.1) is 12.4 Å². The third-order valence-corrected chi connectivity index (χ3v) is 4.17. The molecule has 0 saturated carbocycles. The first kappa shape index (κ1) is 16.2. The number of aromatic nitrogens is 4. The SMILES string of the molecule is CN=C(NCCNc1cnccn1)N1CCC(c2cnn(C)c2)C1. The van der Waals surface area contributed by atoms with Crippen LogP contribution in [0, 0.1) is 0 Å². The number of rotatable bonds is 5. The van der Waals surface area contributed by atoms with Crippen molar-refractivity contribution in [3.05, 3.63) is 36.5 Å². The van der Waals surface area contributed by atoms with Crippen LogP contribution in [0.25, 0.3) is 0 Å². The number of nitrogens with zero attached hydrogens (tertiary/aromatic N) is 6. The van der Waals surface area contributed by atoms with E-state index < -0.39 is 0 Å². The Morgan fingerprint density at radius 3 is 2.96 bits per heavy atom. The van der Waals surface area contributed by atoms with Gasteiger partial charge in [-0.15, -0.1) is 0 Å². The maximum atomic E-state index is 4.40. The largest absolute Gasteiger partial charge is 0.367 e. The molecule has 1 aliphatic rings. The molecule has 1 fully saturated rings. The highest BCUT2D eigenvalue weighted by atomic mass is 15.3. The van der Waals surface area contributed by atoms with Gasteiger partial charge in [0.1, 0.15) is 5.82 Å². The highest BCUT2D eigenvalue weighted by Crippen LogP contribution is 2.26. The van der Waals surface area contributed by atoms with Crippen molar-refractivity contribution < 1.29 is 0 Å². The average molecular weight is 328 g/mol. The Bertz CT molecular complexity index is 666. The molecule has 1 atom stereocenters. The minimum atomic E-state index is 0.523. The maximum absolute atomic E-state index is 4.40. The van der Waals surface area contributed by atoms with Crippen LogP contribution in [0.5, 0.6) is 0 Å². The smallest absolute Gasteiger partial charge is 0.193 e. The number of hydrogen-bond donors (Lipinski definition) is 2. The number of nitrogens with one attached hydrogen (secondary N) is 2. The zero-order chi connectivity index (χ0) is 16.8. The van der Waals surface area contributed by atoms with Crippen LogP contribution in [-0.2, 0) is 7.05 Å². The monoisotopic (exact) mass is 328 g/mol. The molecule has 0 amide bonds. The third kappa shape index (κ3) is 4.01. The first-order valence-corrected chi connectivity index (χ1v) is 8.20. The number of aryl methyl sites for hydroxylation is 1. The van der Waals surface area contributed by atoms with E-state index in [4.69, 9.17) is 0 Å². The van der Waals surface area contributed by atoms with E-state index in [-0.39, 0.29) is 0 Å². The van der Waals surface area contributed by atoms with Crippen molar-refractivity contribution in [3.8, 4) is 0 Å². The van der Waals surface area contributed by atoms with E-state index in [2.05, 4.69) is 41.8 Å². The van der Waals surface area contributed by atoms with Gasteiger partial charge in [-0.05, 0) is 12.0 Å². The number of aliphatic imine (C=N–C) groups is 1. The minimum absolute atomic E-state index is 0.523. The molecule has 2 aromatic rings. The topological polar surface area (TPSA) is 83.3 Å². The number of anilines is 1. The molecular formula is C16H24N8. The Hall–Kier alpha value is -2.64. The van der Waals surface area contributed by atoms with Crippen LogP contribution in [0.1, 0.15) is 17.9 Å². The van der Waals surface area contributed by atoms with E-state index in [1.54, 1.807) is 18.6 Å². The van der Waals surface area contributed by atoms with Crippen LogP contribution in [0.2, 0.25) is 0 Å². The number of likely N-dealkylation sites (tertiary alicyclic amines) is 1. The highest BCUT2D eigenvalue weighted by Gasteiger charge is 2.26. The summed E-state index contributed by atoms with van der Waals surface area (Å²) in [4.78, 5) is 14.9. The molecule has 0 aliphatic carbocycles. The second-order valence-corrected chi connectivity index (χ2v) is 5.87. The fraction of sp³-hybridized carbons (Fsp3) is 0.500. The maximum Gasteiger partial charge on any atom is 0.193 e. The third-order valence-electron chi connectivity index (χ3n) is 4.17. The Labute approximate surface area is 142 Å². The minimum Gasteiger partial charge on any atom is -0.367 e. The molecule has 128 valence electrons. The summed E-state index contributed by atoms with van der Waals surface area (Å²) in [7, 11) is 3.79. The average Bonchev–Trinajstić information content (AvgIpc) is 3.25. The normalized spacial score (nSPS) is 18.0. The molecule has 24 heavy (non-hydrogen) atoms. The Balaban J connectivity index is 1.45. The summed E-state index contributed by atoms with van der Waals surface area (Å²) >= 11 is 0. The van der Waals surface area contributed by atoms with Crippen molar-refractivity contribution in [2.45, 2.75) is 12.3 Å². The van der Waals surface area contributed by atoms with Crippen molar-refractivity contribution in [2.75, 3.05) is 38.5 Å². The second-order valence-electron chi connectivity index (χ2n) is 5.87. The molecule has 0 aromatic carbocycles. The van der Waals surface area contributed by atoms with Crippen molar-refractivity contribution in [1.29, 1.82) is 0 Å². The molecule has 0 bridgehead atoms. The molecule has 0 radical (unpaired) electrons. The van der Waals surface area contributed by atoms with Crippen molar-refractivity contribution in [1.82, 2.24) is 30.0 Å². The summed E-state index contributed by atoms with van der Waals surface area (Å²) in [6.45, 7) is 3.52. The van der Waals surface area contributed by atoms with Gasteiger partial charge >= 0.3 is 0 Å². The predicted octanol–water partition coefficient (Wildman–Crippen LogP) is 0.687. The standard InChI is InChI=1S/C16H24N8/c1-17-16(21-7-6-20-15-10-18-4-5-19-15)24-8-3-13(12-24)14-9-22-23(2)11-14/h4-5,9-11,13H,3,6-8,12H2,1-2H3,(H,17,21)(H,19,20). The fourth-order valence-corrected chi connectivity index (χ4v) is 2.96. The molecule has 2 N–H and O–H groups in total. The number of guanidine groups is 1. The van der Waals surface area contributed by atoms with Gasteiger partial charge in [-0.1, -0.05) is 0 Å².